The summed E-state index contributed by atoms with van der Waals surface area (Å²) in [5.41, 5.74) is 7.75. The van der Waals surface area contributed by atoms with Crippen LogP contribution >= 0.6 is 0 Å². The van der Waals surface area contributed by atoms with Crippen molar-refractivity contribution in [1.82, 2.24) is 0 Å². The van der Waals surface area contributed by atoms with Crippen LogP contribution in [0.3, 0.4) is 0 Å². The molecule has 4 heterocycles. The molecule has 11 heteroatoms. The molecule has 6 rings (SSSR count). The van der Waals surface area contributed by atoms with Crippen molar-refractivity contribution in [3.05, 3.63) is 33.8 Å². The van der Waals surface area contributed by atoms with Crippen LogP contribution in [0, 0.1) is 23.2 Å². The van der Waals surface area contributed by atoms with E-state index in [-0.39, 0.29) is 37.0 Å². The van der Waals surface area contributed by atoms with E-state index in [2.05, 4.69) is 16.7 Å². The minimum atomic E-state index is -0.576. The van der Waals surface area contributed by atoms with Gasteiger partial charge in [-0.25, -0.2) is 0 Å². The molecule has 2 aromatic rings. The minimum Gasteiger partial charge on any atom is -0.442 e. The van der Waals surface area contributed by atoms with E-state index < -0.39 is 5.91 Å². The van der Waals surface area contributed by atoms with Gasteiger partial charge in [-0.3, -0.25) is 25.0 Å². The lowest BCUT2D eigenvalue weighted by atomic mass is 10.1. The Labute approximate surface area is 208 Å². The molecule has 0 unspecified atom stereocenters. The fourth-order valence-corrected chi connectivity index (χ4v) is 4.14. The largest absolute Gasteiger partial charge is 0.442 e. The van der Waals surface area contributed by atoms with Crippen LogP contribution in [-0.4, -0.2) is 30.9 Å². The molecule has 0 spiro atoms. The van der Waals surface area contributed by atoms with Crippen molar-refractivity contribution in [3.63, 3.8) is 0 Å². The molecule has 2 fully saturated rings. The monoisotopic (exact) mass is 498 g/mol. The summed E-state index contributed by atoms with van der Waals surface area (Å²) in [7, 11) is 0. The van der Waals surface area contributed by atoms with Crippen LogP contribution in [0.4, 0.5) is 11.8 Å². The van der Waals surface area contributed by atoms with Crippen molar-refractivity contribution in [2.45, 2.75) is 59.2 Å². The van der Waals surface area contributed by atoms with E-state index in [0.717, 1.165) is 36.8 Å². The number of rotatable bonds is 5. The second-order valence-corrected chi connectivity index (χ2v) is 9.02. The minimum absolute atomic E-state index is 0. The summed E-state index contributed by atoms with van der Waals surface area (Å²) in [5, 5.41) is 14.5. The molecule has 4 N–H and O–H groups in total. The summed E-state index contributed by atoms with van der Waals surface area (Å²) in [6.45, 7) is 1.82. The van der Waals surface area contributed by atoms with Crippen molar-refractivity contribution in [2.75, 3.05) is 23.8 Å². The number of nitrogens with zero attached hydrogens (tertiary/aromatic N) is 1. The van der Waals surface area contributed by atoms with Crippen molar-refractivity contribution in [2.24, 2.45) is 17.6 Å². The topological polar surface area (TPSA) is 170 Å². The van der Waals surface area contributed by atoms with Crippen LogP contribution in [-0.2, 0) is 45.1 Å². The first-order valence-electron chi connectivity index (χ1n) is 11.7. The number of anilines is 2. The fourth-order valence-electron chi connectivity index (χ4n) is 4.14. The van der Waals surface area contributed by atoms with Crippen LogP contribution in [0.1, 0.15) is 71.7 Å². The van der Waals surface area contributed by atoms with Gasteiger partial charge in [-0.05, 0) is 25.7 Å². The third-order valence-corrected chi connectivity index (χ3v) is 6.37. The van der Waals surface area contributed by atoms with Gasteiger partial charge >= 0.3 is 0 Å². The van der Waals surface area contributed by atoms with Crippen molar-refractivity contribution in [1.29, 1.82) is 5.26 Å². The van der Waals surface area contributed by atoms with Crippen molar-refractivity contribution < 1.29 is 32.7 Å². The van der Waals surface area contributed by atoms with E-state index in [1.807, 2.05) is 0 Å². The van der Waals surface area contributed by atoms with E-state index in [1.54, 1.807) is 0 Å². The number of amides is 3. The highest BCUT2D eigenvalue weighted by Crippen LogP contribution is 2.35. The molecule has 192 valence electrons. The maximum Gasteiger partial charge on any atom is 0.254 e. The van der Waals surface area contributed by atoms with Crippen molar-refractivity contribution >= 4 is 29.5 Å². The average molecular weight is 499 g/mol. The number of hydrogen-bond donors (Lipinski definition) is 3. The maximum absolute atomic E-state index is 11.7. The number of carbonyl (C=O) groups is 3. The highest BCUT2D eigenvalue weighted by Gasteiger charge is 2.34. The normalized spacial score (nSPS) is 17.8. The Kier molecular flexibility index (Phi) is 7.47. The van der Waals surface area contributed by atoms with E-state index in [1.165, 1.54) is 0 Å². The third kappa shape index (κ3) is 5.29. The molecule has 0 radical (unpaired) electrons. The molecule has 3 amide bonds. The van der Waals surface area contributed by atoms with Crippen LogP contribution < -0.4 is 16.4 Å². The highest BCUT2D eigenvalue weighted by atomic mass is 16.5. The summed E-state index contributed by atoms with van der Waals surface area (Å²) in [5.74, 6) is 1.13. The standard InChI is InChI=1S/C12H14N2O4.C12H12N2O3.CH4/c13-10(15)9-7-3-4-17-5-8(7)18-12(9)14-11(16)6-1-2-6;13-5-9-8-3-4-16-6-10(8)17-12(9)14-11(15)7-1-2-7;/h6H,1-5H2,(H2,13,15)(H,14,16);7H,1-4,6H2,(H,14,15);1H4. The molecule has 36 heavy (non-hydrogen) atoms. The first kappa shape index (κ1) is 25.5. The molecule has 0 bridgehead atoms. The maximum atomic E-state index is 11.7. The second kappa shape index (κ2) is 10.6. The quantitative estimate of drug-likeness (QED) is 0.565. The average Bonchev–Trinajstić information content (AvgIpc) is 3.77. The van der Waals surface area contributed by atoms with Crippen LogP contribution in [0.15, 0.2) is 8.83 Å². The van der Waals surface area contributed by atoms with Gasteiger partial charge in [-0.2, -0.15) is 5.26 Å². The van der Waals surface area contributed by atoms with E-state index in [4.69, 9.17) is 29.3 Å². The van der Waals surface area contributed by atoms with Crippen molar-refractivity contribution in [3.8, 4) is 6.07 Å². The van der Waals surface area contributed by atoms with Gasteiger partial charge in [-0.15, -0.1) is 0 Å². The lowest BCUT2D eigenvalue weighted by Crippen LogP contribution is -2.20. The van der Waals surface area contributed by atoms with Crippen LogP contribution in [0.5, 0.6) is 0 Å². The number of ether oxygens (including phenoxy) is 2. The molecule has 4 aliphatic rings. The first-order chi connectivity index (χ1) is 17.0. The SMILES string of the molecule is C.N#Cc1c(NC(=O)C2CC2)oc2c1CCOC2.NC(=O)c1c(NC(=O)C2CC2)oc2c1CCOC2. The van der Waals surface area contributed by atoms with Gasteiger partial charge in [-0.1, -0.05) is 7.43 Å². The number of primary amides is 1. The summed E-state index contributed by atoms with van der Waals surface area (Å²) in [6, 6.07) is 2.10. The molecule has 2 aromatic heterocycles. The summed E-state index contributed by atoms with van der Waals surface area (Å²) in [6.07, 6.45) is 4.88. The lowest BCUT2D eigenvalue weighted by molar-refractivity contribution is -0.118. The third-order valence-electron chi connectivity index (χ3n) is 6.37. The zero-order valence-electron chi connectivity index (χ0n) is 19.1. The molecule has 0 aromatic carbocycles. The van der Waals surface area contributed by atoms with Gasteiger partial charge in [0.15, 0.2) is 0 Å². The Hall–Kier alpha value is -3.62. The number of hydrogen-bond acceptors (Lipinski definition) is 8. The number of furan rings is 2. The highest BCUT2D eigenvalue weighted by molar-refractivity contribution is 6.04. The van der Waals surface area contributed by atoms with E-state index >= 15 is 0 Å². The van der Waals surface area contributed by atoms with Crippen LogP contribution in [0.2, 0.25) is 0 Å². The molecule has 2 aliphatic carbocycles. The summed E-state index contributed by atoms with van der Waals surface area (Å²) >= 11 is 0. The molecular formula is C25H30N4O7. The Bertz CT molecular complexity index is 1210. The van der Waals surface area contributed by atoms with Gasteiger partial charge in [0.25, 0.3) is 5.91 Å². The number of carbonyl (C=O) groups excluding carboxylic acids is 3. The van der Waals surface area contributed by atoms with E-state index in [9.17, 15) is 14.4 Å². The molecule has 2 saturated carbocycles. The van der Waals surface area contributed by atoms with Gasteiger partial charge in [0.2, 0.25) is 23.6 Å². The predicted molar refractivity (Wildman–Crippen MR) is 127 cm³/mol. The second-order valence-electron chi connectivity index (χ2n) is 9.02. The number of nitrogens with two attached hydrogens (primary N) is 1. The first-order valence-corrected chi connectivity index (χ1v) is 11.7. The van der Waals surface area contributed by atoms with Gasteiger partial charge in [0.1, 0.15) is 41.9 Å². The Morgan fingerprint density at radius 3 is 1.86 bits per heavy atom. The molecular weight excluding hydrogens is 468 g/mol. The van der Waals surface area contributed by atoms with Gasteiger partial charge < -0.3 is 24.0 Å². The van der Waals surface area contributed by atoms with Gasteiger partial charge in [0, 0.05) is 35.8 Å². The summed E-state index contributed by atoms with van der Waals surface area (Å²) < 4.78 is 21.5. The van der Waals surface area contributed by atoms with Gasteiger partial charge in [0.05, 0.1) is 13.2 Å². The fraction of sp³-hybridized carbons (Fsp3) is 0.520. The molecule has 2 aliphatic heterocycles. The Morgan fingerprint density at radius 1 is 0.833 bits per heavy atom. The lowest BCUT2D eigenvalue weighted by Gasteiger charge is -2.10. The smallest absolute Gasteiger partial charge is 0.254 e. The Balaban J connectivity index is 0.000000165. The molecule has 0 saturated heterocycles. The predicted octanol–water partition coefficient (Wildman–Crippen LogP) is 3.01. The number of nitriles is 1. The molecule has 11 nitrogen and oxygen atoms in total. The molecule has 0 atom stereocenters. The zero-order chi connectivity index (χ0) is 24.5. The number of nitrogens with one attached hydrogen (secondary N) is 2. The van der Waals surface area contributed by atoms with E-state index in [0.29, 0.717) is 67.8 Å². The van der Waals surface area contributed by atoms with Crippen LogP contribution in [0.25, 0.3) is 0 Å². The number of fused-ring (bicyclic) bond motifs is 2. The summed E-state index contributed by atoms with van der Waals surface area (Å²) in [4.78, 5) is 34.8. The Morgan fingerprint density at radius 2 is 1.33 bits per heavy atom. The zero-order valence-corrected chi connectivity index (χ0v) is 19.1.